The summed E-state index contributed by atoms with van der Waals surface area (Å²) in [7, 11) is 0. The molecule has 1 aliphatic heterocycles. The number of halogens is 1. The number of hydrogen-bond acceptors (Lipinski definition) is 4. The molecule has 2 aromatic carbocycles. The summed E-state index contributed by atoms with van der Waals surface area (Å²) in [5.74, 6) is 1.89. The summed E-state index contributed by atoms with van der Waals surface area (Å²) in [4.78, 5) is 31.1. The Bertz CT molecular complexity index is 1060. The minimum Gasteiger partial charge on any atom is -0.368 e. The molecule has 1 saturated heterocycles. The molecule has 1 unspecified atom stereocenters. The van der Waals surface area contributed by atoms with Gasteiger partial charge in [0.1, 0.15) is 0 Å². The molecular weight excluding hydrogens is 596 g/mol. The molecule has 1 heterocycles. The van der Waals surface area contributed by atoms with Gasteiger partial charge in [-0.25, -0.2) is 0 Å². The molecule has 260 valence electrons. The van der Waals surface area contributed by atoms with Gasteiger partial charge in [0.2, 0.25) is 12.3 Å². The molecule has 1 atom stereocenters. The van der Waals surface area contributed by atoms with Gasteiger partial charge in [-0.15, -0.1) is 0 Å². The largest absolute Gasteiger partial charge is 0.368 e. The van der Waals surface area contributed by atoms with Crippen LogP contribution >= 0.6 is 11.6 Å². The topological polar surface area (TPSA) is 113 Å². The number of amides is 3. The zero-order valence-electron chi connectivity index (χ0n) is 29.7. The van der Waals surface area contributed by atoms with Crippen molar-refractivity contribution in [3.63, 3.8) is 0 Å². The maximum absolute atomic E-state index is 12.0. The molecule has 0 aromatic heterocycles. The van der Waals surface area contributed by atoms with Gasteiger partial charge >= 0.3 is 0 Å². The summed E-state index contributed by atoms with van der Waals surface area (Å²) in [6, 6.07) is 16.7. The van der Waals surface area contributed by atoms with Crippen LogP contribution < -0.4 is 21.7 Å². The molecule has 5 N–H and O–H groups in total. The molecule has 0 bridgehead atoms. The fraction of sp³-hybridized carbons (Fsp3) is 0.605. The number of benzene rings is 2. The van der Waals surface area contributed by atoms with Crippen molar-refractivity contribution in [3.05, 3.63) is 70.2 Å². The second-order valence-corrected chi connectivity index (χ2v) is 12.9. The average Bonchev–Trinajstić information content (AvgIpc) is 3.06. The predicted octanol–water partition coefficient (Wildman–Crippen LogP) is 8.05. The fourth-order valence-corrected chi connectivity index (χ4v) is 5.16. The van der Waals surface area contributed by atoms with Crippen molar-refractivity contribution in [3.8, 4) is 0 Å². The van der Waals surface area contributed by atoms with Gasteiger partial charge in [0.25, 0.3) is 5.91 Å². The molecule has 8 heteroatoms. The Labute approximate surface area is 285 Å². The van der Waals surface area contributed by atoms with Crippen molar-refractivity contribution in [1.82, 2.24) is 16.0 Å². The Morgan fingerprint density at radius 2 is 1.54 bits per heavy atom. The molecule has 2 aromatic rings. The van der Waals surface area contributed by atoms with E-state index in [2.05, 4.69) is 79.7 Å². The number of hydrogen-bond donors (Lipinski definition) is 4. The third kappa shape index (κ3) is 21.8. The maximum atomic E-state index is 12.0. The molecule has 7 nitrogen and oxygen atoms in total. The Morgan fingerprint density at radius 1 is 0.957 bits per heavy atom. The molecule has 1 aliphatic carbocycles. The van der Waals surface area contributed by atoms with Crippen molar-refractivity contribution >= 4 is 29.8 Å². The van der Waals surface area contributed by atoms with Gasteiger partial charge in [-0.2, -0.15) is 0 Å². The zero-order valence-corrected chi connectivity index (χ0v) is 30.4. The van der Waals surface area contributed by atoms with Crippen LogP contribution in [0.4, 0.5) is 0 Å². The van der Waals surface area contributed by atoms with E-state index in [4.69, 9.17) is 11.6 Å². The first-order valence-corrected chi connectivity index (χ1v) is 17.7. The Balaban J connectivity index is 0.000000666. The lowest BCUT2D eigenvalue weighted by Crippen LogP contribution is -2.31. The standard InChI is InChI=1S/C17H26N2O.C12H15Cl.C4H10.C3H6N2O2.C2H6/c1-3-13(2)19-17(20)16-6-4-14(5-7-16)12-15-8-10-18-11-9-15;13-12-8-4-7-11(9-12)10-5-2-1-3-6-10;1-4(2)3;4-3(7)1-5-2-6;1-2/h4-7,13,15,18H,3,8-12H2,1-2H3,(H,19,20);4,7-10H,1-3,5-6H2;4H,1-3H3;2H,1H2,(H2,4,7)(H,5,6);1-2H3. The van der Waals surface area contributed by atoms with E-state index >= 15 is 0 Å². The average molecular weight is 659 g/mol. The van der Waals surface area contributed by atoms with E-state index < -0.39 is 5.91 Å². The van der Waals surface area contributed by atoms with E-state index in [0.717, 1.165) is 54.3 Å². The first kappa shape index (κ1) is 43.1. The highest BCUT2D eigenvalue weighted by Gasteiger charge is 2.16. The normalized spacial score (nSPS) is 15.1. The van der Waals surface area contributed by atoms with Crippen molar-refractivity contribution in [2.75, 3.05) is 19.6 Å². The molecule has 4 rings (SSSR count). The van der Waals surface area contributed by atoms with E-state index in [-0.39, 0.29) is 18.5 Å². The number of carbonyl (C=O) groups is 3. The number of rotatable bonds is 9. The molecule has 2 fully saturated rings. The smallest absolute Gasteiger partial charge is 0.251 e. The Kier molecular flexibility index (Phi) is 25.5. The van der Waals surface area contributed by atoms with Gasteiger partial charge in [0, 0.05) is 16.6 Å². The maximum Gasteiger partial charge on any atom is 0.251 e. The molecular formula is C38H63ClN4O3. The second kappa shape index (κ2) is 27.2. The van der Waals surface area contributed by atoms with E-state index in [1.54, 1.807) is 0 Å². The summed E-state index contributed by atoms with van der Waals surface area (Å²) in [6.45, 7) is 16.8. The fourth-order valence-electron chi connectivity index (χ4n) is 4.96. The van der Waals surface area contributed by atoms with Crippen LogP contribution in [0.15, 0.2) is 48.5 Å². The van der Waals surface area contributed by atoms with Gasteiger partial charge < -0.3 is 21.7 Å². The molecule has 1 saturated carbocycles. The number of nitrogens with one attached hydrogen (secondary N) is 3. The van der Waals surface area contributed by atoms with Crippen LogP contribution in [-0.2, 0) is 16.0 Å². The summed E-state index contributed by atoms with van der Waals surface area (Å²) in [5, 5.41) is 9.37. The highest BCUT2D eigenvalue weighted by molar-refractivity contribution is 6.30. The lowest BCUT2D eigenvalue weighted by Gasteiger charge is -2.22. The van der Waals surface area contributed by atoms with Crippen LogP contribution in [0, 0.1) is 11.8 Å². The lowest BCUT2D eigenvalue weighted by atomic mass is 9.84. The highest BCUT2D eigenvalue weighted by Crippen LogP contribution is 2.33. The summed E-state index contributed by atoms with van der Waals surface area (Å²) in [5.41, 5.74) is 8.16. The summed E-state index contributed by atoms with van der Waals surface area (Å²) < 4.78 is 0. The van der Waals surface area contributed by atoms with Crippen LogP contribution in [-0.4, -0.2) is 43.9 Å². The van der Waals surface area contributed by atoms with E-state index in [1.807, 2.05) is 39.0 Å². The third-order valence-corrected chi connectivity index (χ3v) is 7.71. The van der Waals surface area contributed by atoms with Gasteiger partial charge in [-0.1, -0.05) is 96.7 Å². The van der Waals surface area contributed by atoms with Crippen LogP contribution in [0.5, 0.6) is 0 Å². The van der Waals surface area contributed by atoms with E-state index in [9.17, 15) is 14.4 Å². The Morgan fingerprint density at radius 3 is 2.02 bits per heavy atom. The minimum atomic E-state index is -0.535. The quantitative estimate of drug-likeness (QED) is 0.204. The van der Waals surface area contributed by atoms with Crippen LogP contribution in [0.2, 0.25) is 5.02 Å². The summed E-state index contributed by atoms with van der Waals surface area (Å²) >= 11 is 5.96. The summed E-state index contributed by atoms with van der Waals surface area (Å²) in [6.07, 6.45) is 11.9. The van der Waals surface area contributed by atoms with Crippen molar-refractivity contribution < 1.29 is 14.4 Å². The van der Waals surface area contributed by atoms with Gasteiger partial charge in [-0.3, -0.25) is 14.4 Å². The van der Waals surface area contributed by atoms with Crippen molar-refractivity contribution in [1.29, 1.82) is 0 Å². The van der Waals surface area contributed by atoms with Gasteiger partial charge in [0.15, 0.2) is 0 Å². The Hall–Kier alpha value is -2.90. The third-order valence-electron chi connectivity index (χ3n) is 7.47. The number of carbonyl (C=O) groups excluding carboxylic acids is 3. The van der Waals surface area contributed by atoms with Gasteiger partial charge in [-0.05, 0) is 112 Å². The van der Waals surface area contributed by atoms with Gasteiger partial charge in [0.05, 0.1) is 6.54 Å². The minimum absolute atomic E-state index is 0.0350. The molecule has 0 spiro atoms. The van der Waals surface area contributed by atoms with E-state index in [1.165, 1.54) is 56.1 Å². The molecule has 46 heavy (non-hydrogen) atoms. The zero-order chi connectivity index (χ0) is 34.7. The highest BCUT2D eigenvalue weighted by atomic mass is 35.5. The first-order chi connectivity index (χ1) is 22.0. The monoisotopic (exact) mass is 658 g/mol. The number of piperidine rings is 1. The first-order valence-electron chi connectivity index (χ1n) is 17.4. The number of nitrogens with two attached hydrogens (primary N) is 1. The van der Waals surface area contributed by atoms with Crippen molar-refractivity contribution in [2.45, 2.75) is 118 Å². The number of primary amides is 1. The lowest BCUT2D eigenvalue weighted by molar-refractivity contribution is -0.119. The van der Waals surface area contributed by atoms with Crippen LogP contribution in [0.25, 0.3) is 0 Å². The second-order valence-electron chi connectivity index (χ2n) is 12.5. The molecule has 2 aliphatic rings. The van der Waals surface area contributed by atoms with Crippen molar-refractivity contribution in [2.24, 2.45) is 17.6 Å². The van der Waals surface area contributed by atoms with Crippen LogP contribution in [0.1, 0.15) is 127 Å². The molecule has 0 radical (unpaired) electrons. The predicted molar refractivity (Wildman–Crippen MR) is 195 cm³/mol. The van der Waals surface area contributed by atoms with Crippen LogP contribution in [0.3, 0.4) is 0 Å². The molecule has 3 amide bonds. The van der Waals surface area contributed by atoms with E-state index in [0.29, 0.717) is 6.41 Å². The SMILES string of the molecule is CC.CC(C)C.CCC(C)NC(=O)c1ccc(CC2CCNCC2)cc1.Clc1cccc(C2CCCCC2)c1.NC(=O)CNC=O.